The maximum atomic E-state index is 12.6. The normalized spacial score (nSPS) is 12.4. The predicted molar refractivity (Wildman–Crippen MR) is 145 cm³/mol. The highest BCUT2D eigenvalue weighted by molar-refractivity contribution is 6.03. The molecule has 3 rings (SSSR count). The van der Waals surface area contributed by atoms with Crippen molar-refractivity contribution in [1.82, 2.24) is 5.32 Å². The van der Waals surface area contributed by atoms with Crippen LogP contribution < -0.4 is 21.1 Å². The zero-order valence-electron chi connectivity index (χ0n) is 21.2. The molecule has 3 amide bonds. The minimum absolute atomic E-state index is 0.108. The number of phenolic OH excluding ortho intramolecular Hbond substituents is 1. The maximum absolute atomic E-state index is 12.6. The van der Waals surface area contributed by atoms with Crippen molar-refractivity contribution in [3.8, 4) is 11.5 Å². The average Bonchev–Trinajstić information content (AvgIpc) is 2.91. The number of carbonyl (C=O) groups excluding carboxylic acids is 3. The summed E-state index contributed by atoms with van der Waals surface area (Å²) in [6.45, 7) is 1.87. The van der Waals surface area contributed by atoms with E-state index >= 15 is 0 Å². The van der Waals surface area contributed by atoms with Gasteiger partial charge >= 0.3 is 6.09 Å². The van der Waals surface area contributed by atoms with Gasteiger partial charge in [-0.05, 0) is 66.8 Å². The standard InChI is InChI=1S/C29H31N3O6/c1-19(10-6-9-15-26(34)31-23-14-8-7-13-22(23)30)27(21-16-17-25(37-2)24(33)18-21)38-29(36)32-28(35)20-11-4-3-5-12-20/h3-5,7-9,11-19,27,33H,6,10,30H2,1-2H3,(H,31,34)(H,32,35,36)/b15-9+/t19-,27-/m1/s1. The summed E-state index contributed by atoms with van der Waals surface area (Å²) >= 11 is 0. The molecule has 0 saturated carbocycles. The third-order valence-corrected chi connectivity index (χ3v) is 5.81. The Morgan fingerprint density at radius 2 is 1.74 bits per heavy atom. The van der Waals surface area contributed by atoms with Gasteiger partial charge in [-0.2, -0.15) is 0 Å². The van der Waals surface area contributed by atoms with Gasteiger partial charge in [0.1, 0.15) is 6.10 Å². The molecule has 0 heterocycles. The summed E-state index contributed by atoms with van der Waals surface area (Å²) in [5.74, 6) is -0.979. The molecule has 0 aromatic heterocycles. The second-order valence-corrected chi connectivity index (χ2v) is 8.61. The number of phenols is 1. The number of amides is 3. The van der Waals surface area contributed by atoms with E-state index < -0.39 is 18.1 Å². The van der Waals surface area contributed by atoms with Gasteiger partial charge in [0.15, 0.2) is 11.5 Å². The lowest BCUT2D eigenvalue weighted by Crippen LogP contribution is -2.33. The molecule has 0 unspecified atom stereocenters. The minimum atomic E-state index is -0.915. The van der Waals surface area contributed by atoms with Crippen LogP contribution in [0.4, 0.5) is 16.2 Å². The lowest BCUT2D eigenvalue weighted by atomic mass is 9.92. The average molecular weight is 518 g/mol. The van der Waals surface area contributed by atoms with Crippen LogP contribution in [0.25, 0.3) is 0 Å². The quantitative estimate of drug-likeness (QED) is 0.214. The van der Waals surface area contributed by atoms with E-state index in [2.05, 4.69) is 10.6 Å². The van der Waals surface area contributed by atoms with E-state index in [1.54, 1.807) is 72.8 Å². The molecule has 0 aliphatic rings. The van der Waals surface area contributed by atoms with Crippen molar-refractivity contribution >= 4 is 29.3 Å². The first-order valence-corrected chi connectivity index (χ1v) is 12.0. The number of rotatable bonds is 10. The zero-order valence-corrected chi connectivity index (χ0v) is 21.2. The number of hydrogen-bond acceptors (Lipinski definition) is 7. The highest BCUT2D eigenvalue weighted by Crippen LogP contribution is 2.35. The van der Waals surface area contributed by atoms with Crippen molar-refractivity contribution in [3.05, 3.63) is 96.1 Å². The van der Waals surface area contributed by atoms with Gasteiger partial charge in [-0.3, -0.25) is 14.9 Å². The Morgan fingerprint density at radius 3 is 2.42 bits per heavy atom. The molecule has 0 aliphatic heterocycles. The number of nitrogen functional groups attached to an aromatic ring is 1. The van der Waals surface area contributed by atoms with E-state index in [0.29, 0.717) is 35.3 Å². The molecule has 3 aromatic rings. The summed E-state index contributed by atoms with van der Waals surface area (Å²) in [6.07, 6.45) is 2.47. The van der Waals surface area contributed by atoms with Crippen molar-refractivity contribution in [2.24, 2.45) is 5.92 Å². The molecule has 0 fully saturated rings. The van der Waals surface area contributed by atoms with Gasteiger partial charge in [0.2, 0.25) is 5.91 Å². The Morgan fingerprint density at radius 1 is 1.03 bits per heavy atom. The van der Waals surface area contributed by atoms with E-state index in [1.807, 2.05) is 6.92 Å². The van der Waals surface area contributed by atoms with Gasteiger partial charge in [0.05, 0.1) is 18.5 Å². The Bertz CT molecular complexity index is 1290. The number of ether oxygens (including phenoxy) is 2. The third kappa shape index (κ3) is 7.86. The fourth-order valence-electron chi connectivity index (χ4n) is 3.78. The number of nitrogens with two attached hydrogens (primary N) is 1. The number of allylic oxidation sites excluding steroid dienone is 1. The number of alkyl carbamates (subject to hydrolysis) is 1. The molecule has 0 radical (unpaired) electrons. The van der Waals surface area contributed by atoms with Crippen molar-refractivity contribution in [1.29, 1.82) is 0 Å². The zero-order chi connectivity index (χ0) is 27.5. The van der Waals surface area contributed by atoms with Crippen LogP contribution in [0.1, 0.15) is 41.8 Å². The molecular formula is C29H31N3O6. The van der Waals surface area contributed by atoms with E-state index in [0.717, 1.165) is 0 Å². The SMILES string of the molecule is COc1ccc([C@H](OC(=O)NC(=O)c2ccccc2)[C@H](C)CC/C=C/C(=O)Nc2ccccc2N)cc1O. The third-order valence-electron chi connectivity index (χ3n) is 5.81. The van der Waals surface area contributed by atoms with Crippen LogP contribution in [-0.2, 0) is 9.53 Å². The topological polar surface area (TPSA) is 140 Å². The summed E-state index contributed by atoms with van der Waals surface area (Å²) in [6, 6.07) is 20.0. The molecule has 9 nitrogen and oxygen atoms in total. The summed E-state index contributed by atoms with van der Waals surface area (Å²) in [4.78, 5) is 37.2. The number of aromatic hydroxyl groups is 1. The van der Waals surface area contributed by atoms with Crippen LogP contribution in [-0.4, -0.2) is 30.1 Å². The molecule has 3 aromatic carbocycles. The van der Waals surface area contributed by atoms with Crippen LogP contribution in [0.5, 0.6) is 11.5 Å². The second kappa shape index (κ2) is 13.5. The van der Waals surface area contributed by atoms with Gasteiger partial charge < -0.3 is 25.6 Å². The van der Waals surface area contributed by atoms with Crippen LogP contribution in [0.2, 0.25) is 0 Å². The minimum Gasteiger partial charge on any atom is -0.504 e. The van der Waals surface area contributed by atoms with E-state index in [9.17, 15) is 19.5 Å². The first-order chi connectivity index (χ1) is 18.3. The van der Waals surface area contributed by atoms with E-state index in [4.69, 9.17) is 15.2 Å². The van der Waals surface area contributed by atoms with Gasteiger partial charge in [-0.25, -0.2) is 4.79 Å². The van der Waals surface area contributed by atoms with Crippen LogP contribution in [0.15, 0.2) is 84.9 Å². The number of benzene rings is 3. The van der Waals surface area contributed by atoms with Crippen molar-refractivity contribution in [3.63, 3.8) is 0 Å². The van der Waals surface area contributed by atoms with Crippen LogP contribution >= 0.6 is 0 Å². The highest BCUT2D eigenvalue weighted by atomic mass is 16.6. The van der Waals surface area contributed by atoms with E-state index in [-0.39, 0.29) is 23.3 Å². The van der Waals surface area contributed by atoms with Crippen LogP contribution in [0, 0.1) is 5.92 Å². The number of methoxy groups -OCH3 is 1. The number of carbonyl (C=O) groups is 3. The van der Waals surface area contributed by atoms with Crippen LogP contribution in [0.3, 0.4) is 0 Å². The Balaban J connectivity index is 1.66. The molecule has 0 bridgehead atoms. The summed E-state index contributed by atoms with van der Waals surface area (Å²) in [5, 5.41) is 15.2. The monoisotopic (exact) mass is 517 g/mol. The Kier molecular flexibility index (Phi) is 9.87. The maximum Gasteiger partial charge on any atom is 0.414 e. The fourth-order valence-corrected chi connectivity index (χ4v) is 3.78. The molecular weight excluding hydrogens is 486 g/mol. The molecule has 9 heteroatoms. The first-order valence-electron chi connectivity index (χ1n) is 12.0. The lowest BCUT2D eigenvalue weighted by Gasteiger charge is -2.25. The Labute approximate surface area is 221 Å². The number of hydrogen-bond donors (Lipinski definition) is 4. The van der Waals surface area contributed by atoms with Gasteiger partial charge in [-0.15, -0.1) is 0 Å². The largest absolute Gasteiger partial charge is 0.504 e. The molecule has 0 aliphatic carbocycles. The summed E-state index contributed by atoms with van der Waals surface area (Å²) in [5.41, 5.74) is 7.69. The van der Waals surface area contributed by atoms with Crippen molar-refractivity contribution in [2.75, 3.05) is 18.2 Å². The second-order valence-electron chi connectivity index (χ2n) is 8.61. The van der Waals surface area contributed by atoms with Gasteiger partial charge in [0, 0.05) is 5.56 Å². The van der Waals surface area contributed by atoms with Crippen molar-refractivity contribution in [2.45, 2.75) is 25.9 Å². The summed E-state index contributed by atoms with van der Waals surface area (Å²) < 4.78 is 10.8. The number of anilines is 2. The highest BCUT2D eigenvalue weighted by Gasteiger charge is 2.25. The van der Waals surface area contributed by atoms with Gasteiger partial charge in [0.25, 0.3) is 5.91 Å². The first kappa shape index (κ1) is 27.8. The molecule has 5 N–H and O–H groups in total. The molecule has 2 atom stereocenters. The Hall–Kier alpha value is -4.79. The van der Waals surface area contributed by atoms with E-state index in [1.165, 1.54) is 19.3 Å². The number of nitrogens with one attached hydrogen (secondary N) is 2. The number of para-hydroxylation sites is 2. The predicted octanol–water partition coefficient (Wildman–Crippen LogP) is 5.20. The molecule has 0 saturated heterocycles. The summed E-state index contributed by atoms with van der Waals surface area (Å²) in [7, 11) is 1.43. The molecule has 38 heavy (non-hydrogen) atoms. The lowest BCUT2D eigenvalue weighted by molar-refractivity contribution is -0.111. The van der Waals surface area contributed by atoms with Gasteiger partial charge in [-0.1, -0.05) is 49.4 Å². The smallest absolute Gasteiger partial charge is 0.414 e. The number of imide groups is 1. The van der Waals surface area contributed by atoms with Crippen molar-refractivity contribution < 1.29 is 29.0 Å². The fraction of sp³-hybridized carbons (Fsp3) is 0.207. The molecule has 198 valence electrons. The molecule has 0 spiro atoms.